The first-order chi connectivity index (χ1) is 9.52. The molecule has 2 rings (SSSR count). The quantitative estimate of drug-likeness (QED) is 0.872. The second kappa shape index (κ2) is 6.04. The molecule has 0 unspecified atom stereocenters. The van der Waals surface area contributed by atoms with Gasteiger partial charge in [0.2, 0.25) is 0 Å². The Labute approximate surface area is 128 Å². The lowest BCUT2D eigenvalue weighted by Crippen LogP contribution is -2.14. The molecular weight excluding hydrogens is 347 g/mol. The number of nitrogens with zero attached hydrogens (tertiary/aromatic N) is 1. The molecule has 0 saturated carbocycles. The van der Waals surface area contributed by atoms with Gasteiger partial charge in [0.05, 0.1) is 16.3 Å². The van der Waals surface area contributed by atoms with Crippen molar-refractivity contribution in [1.82, 2.24) is 0 Å². The molecule has 100 valence electrons. The van der Waals surface area contributed by atoms with E-state index in [4.69, 9.17) is 16.9 Å². The highest BCUT2D eigenvalue weighted by Gasteiger charge is 2.14. The lowest BCUT2D eigenvalue weighted by molar-refractivity contribution is 0.102. The molecule has 0 fully saturated rings. The van der Waals surface area contributed by atoms with Crippen LogP contribution in [0.4, 0.5) is 10.1 Å². The average Bonchev–Trinajstić information content (AvgIpc) is 2.41. The SMILES string of the molecule is N#Cc1c(F)cccc1NC(=O)c1cc(Br)ccc1Cl. The predicted octanol–water partition coefficient (Wildman–Crippen LogP) is 4.37. The van der Waals surface area contributed by atoms with E-state index in [-0.39, 0.29) is 21.8 Å². The van der Waals surface area contributed by atoms with Crippen LogP contribution in [0.15, 0.2) is 40.9 Å². The second-order valence-electron chi connectivity index (χ2n) is 3.85. The number of nitrogens with one attached hydrogen (secondary N) is 1. The topological polar surface area (TPSA) is 52.9 Å². The van der Waals surface area contributed by atoms with E-state index in [1.165, 1.54) is 12.1 Å². The molecule has 0 atom stereocenters. The summed E-state index contributed by atoms with van der Waals surface area (Å²) in [7, 11) is 0. The van der Waals surface area contributed by atoms with Crippen LogP contribution in [-0.4, -0.2) is 5.91 Å². The maximum Gasteiger partial charge on any atom is 0.257 e. The van der Waals surface area contributed by atoms with Crippen molar-refractivity contribution in [3.63, 3.8) is 0 Å². The van der Waals surface area contributed by atoms with E-state index in [2.05, 4.69) is 21.2 Å². The van der Waals surface area contributed by atoms with Gasteiger partial charge in [0.1, 0.15) is 17.4 Å². The van der Waals surface area contributed by atoms with Crippen molar-refractivity contribution >= 4 is 39.1 Å². The van der Waals surface area contributed by atoms with Gasteiger partial charge in [-0.05, 0) is 30.3 Å². The molecule has 0 saturated heterocycles. The number of carbonyl (C=O) groups is 1. The number of hydrogen-bond acceptors (Lipinski definition) is 2. The van der Waals surface area contributed by atoms with Crippen LogP contribution in [0, 0.1) is 17.1 Å². The van der Waals surface area contributed by atoms with Gasteiger partial charge in [-0.15, -0.1) is 0 Å². The van der Waals surface area contributed by atoms with Gasteiger partial charge in [-0.25, -0.2) is 4.39 Å². The molecule has 0 heterocycles. The summed E-state index contributed by atoms with van der Waals surface area (Å²) < 4.78 is 14.1. The van der Waals surface area contributed by atoms with Crippen LogP contribution in [0.3, 0.4) is 0 Å². The molecule has 1 amide bonds. The van der Waals surface area contributed by atoms with E-state index < -0.39 is 11.7 Å². The Morgan fingerprint density at radius 3 is 2.80 bits per heavy atom. The Morgan fingerprint density at radius 2 is 2.10 bits per heavy atom. The molecule has 0 spiro atoms. The van der Waals surface area contributed by atoms with Gasteiger partial charge in [0.25, 0.3) is 5.91 Å². The van der Waals surface area contributed by atoms with E-state index in [0.717, 1.165) is 6.07 Å². The predicted molar refractivity (Wildman–Crippen MR) is 78.2 cm³/mol. The van der Waals surface area contributed by atoms with Crippen molar-refractivity contribution in [3.8, 4) is 6.07 Å². The molecule has 0 aromatic heterocycles. The molecule has 0 aliphatic carbocycles. The number of halogens is 3. The van der Waals surface area contributed by atoms with Crippen LogP contribution < -0.4 is 5.32 Å². The summed E-state index contributed by atoms with van der Waals surface area (Å²) in [4.78, 5) is 12.1. The van der Waals surface area contributed by atoms with Gasteiger partial charge in [0.15, 0.2) is 0 Å². The van der Waals surface area contributed by atoms with Crippen molar-refractivity contribution in [1.29, 1.82) is 5.26 Å². The summed E-state index contributed by atoms with van der Waals surface area (Å²) in [6.45, 7) is 0. The van der Waals surface area contributed by atoms with Crippen molar-refractivity contribution in [2.75, 3.05) is 5.32 Å². The average molecular weight is 354 g/mol. The number of nitriles is 1. The third-order valence-electron chi connectivity index (χ3n) is 2.55. The summed E-state index contributed by atoms with van der Waals surface area (Å²) in [5.74, 6) is -1.20. The zero-order valence-corrected chi connectivity index (χ0v) is 12.3. The fourth-order valence-corrected chi connectivity index (χ4v) is 2.17. The third-order valence-corrected chi connectivity index (χ3v) is 3.37. The van der Waals surface area contributed by atoms with E-state index in [0.29, 0.717) is 4.47 Å². The molecule has 1 N–H and O–H groups in total. The van der Waals surface area contributed by atoms with Gasteiger partial charge in [-0.2, -0.15) is 5.26 Å². The van der Waals surface area contributed by atoms with Crippen LogP contribution in [0.2, 0.25) is 5.02 Å². The smallest absolute Gasteiger partial charge is 0.257 e. The zero-order chi connectivity index (χ0) is 14.7. The summed E-state index contributed by atoms with van der Waals surface area (Å²) in [6, 6.07) is 10.5. The summed E-state index contributed by atoms with van der Waals surface area (Å²) >= 11 is 9.18. The summed E-state index contributed by atoms with van der Waals surface area (Å²) in [6.07, 6.45) is 0. The van der Waals surface area contributed by atoms with E-state index in [1.807, 2.05) is 0 Å². The number of hydrogen-bond donors (Lipinski definition) is 1. The molecule has 20 heavy (non-hydrogen) atoms. The maximum atomic E-state index is 13.4. The van der Waals surface area contributed by atoms with Crippen molar-refractivity contribution in [3.05, 3.63) is 62.8 Å². The summed E-state index contributed by atoms with van der Waals surface area (Å²) in [5, 5.41) is 11.7. The molecule has 0 bridgehead atoms. The highest BCUT2D eigenvalue weighted by molar-refractivity contribution is 9.10. The highest BCUT2D eigenvalue weighted by atomic mass is 79.9. The molecule has 0 aliphatic rings. The Morgan fingerprint density at radius 1 is 1.35 bits per heavy atom. The van der Waals surface area contributed by atoms with E-state index in [1.54, 1.807) is 24.3 Å². The van der Waals surface area contributed by atoms with Gasteiger partial charge < -0.3 is 5.32 Å². The monoisotopic (exact) mass is 352 g/mol. The van der Waals surface area contributed by atoms with Crippen molar-refractivity contribution in [2.45, 2.75) is 0 Å². The zero-order valence-electron chi connectivity index (χ0n) is 9.95. The lowest BCUT2D eigenvalue weighted by atomic mass is 10.1. The van der Waals surface area contributed by atoms with Crippen LogP contribution >= 0.6 is 27.5 Å². The first-order valence-corrected chi connectivity index (χ1v) is 6.65. The minimum absolute atomic E-state index is 0.105. The first-order valence-electron chi connectivity index (χ1n) is 5.48. The van der Waals surface area contributed by atoms with Gasteiger partial charge in [0, 0.05) is 4.47 Å². The second-order valence-corrected chi connectivity index (χ2v) is 5.18. The maximum absolute atomic E-state index is 13.4. The van der Waals surface area contributed by atoms with Crippen LogP contribution in [0.5, 0.6) is 0 Å². The van der Waals surface area contributed by atoms with Crippen LogP contribution in [0.25, 0.3) is 0 Å². The van der Waals surface area contributed by atoms with Gasteiger partial charge >= 0.3 is 0 Å². The van der Waals surface area contributed by atoms with E-state index in [9.17, 15) is 9.18 Å². The number of anilines is 1. The fraction of sp³-hybridized carbons (Fsp3) is 0. The van der Waals surface area contributed by atoms with E-state index >= 15 is 0 Å². The van der Waals surface area contributed by atoms with Crippen LogP contribution in [-0.2, 0) is 0 Å². The van der Waals surface area contributed by atoms with Gasteiger partial charge in [-0.1, -0.05) is 33.6 Å². The summed E-state index contributed by atoms with van der Waals surface area (Å²) in [5.41, 5.74) is 0.120. The highest BCUT2D eigenvalue weighted by Crippen LogP contribution is 2.23. The Hall–Kier alpha value is -1.90. The number of rotatable bonds is 2. The molecule has 2 aromatic rings. The standard InChI is InChI=1S/C14H7BrClFN2O/c15-8-4-5-11(16)9(6-8)14(20)19-13-3-1-2-12(17)10(13)7-18/h1-6H,(H,19,20). The first kappa shape index (κ1) is 14.5. The molecular formula is C14H7BrClFN2O. The Kier molecular flexibility index (Phi) is 4.38. The fourth-order valence-electron chi connectivity index (χ4n) is 1.60. The Bertz CT molecular complexity index is 728. The largest absolute Gasteiger partial charge is 0.321 e. The lowest BCUT2D eigenvalue weighted by Gasteiger charge is -2.09. The van der Waals surface area contributed by atoms with Gasteiger partial charge in [-0.3, -0.25) is 4.79 Å². The number of carbonyl (C=O) groups excluding carboxylic acids is 1. The minimum atomic E-state index is -0.689. The number of amides is 1. The minimum Gasteiger partial charge on any atom is -0.321 e. The Balaban J connectivity index is 2.36. The molecule has 0 aliphatic heterocycles. The third kappa shape index (κ3) is 2.98. The normalized spacial score (nSPS) is 9.90. The van der Waals surface area contributed by atoms with Crippen molar-refractivity contribution < 1.29 is 9.18 Å². The molecule has 3 nitrogen and oxygen atoms in total. The molecule has 2 aromatic carbocycles. The van der Waals surface area contributed by atoms with Crippen molar-refractivity contribution in [2.24, 2.45) is 0 Å². The molecule has 0 radical (unpaired) electrons. The number of benzene rings is 2. The molecule has 6 heteroatoms. The van der Waals surface area contributed by atoms with Crippen LogP contribution in [0.1, 0.15) is 15.9 Å².